The number of benzene rings is 1. The number of pyridine rings is 1. The van der Waals surface area contributed by atoms with Crippen LogP contribution < -0.4 is 4.72 Å². The molecular weight excluding hydrogens is 510 g/mol. The maximum atomic E-state index is 13.1. The molecule has 34 heavy (non-hydrogen) atoms. The fourth-order valence-corrected chi connectivity index (χ4v) is 6.62. The fraction of sp³-hybridized carbons (Fsp3) is 0.450. The van der Waals surface area contributed by atoms with E-state index in [2.05, 4.69) is 9.71 Å². The van der Waals surface area contributed by atoms with E-state index in [1.54, 1.807) is 0 Å². The zero-order valence-corrected chi connectivity index (χ0v) is 19.4. The number of aromatic nitrogens is 1. The molecule has 1 aromatic heterocycles. The first kappa shape index (κ1) is 26.4. The molecule has 1 aliphatic carbocycles. The van der Waals surface area contributed by atoms with E-state index < -0.39 is 70.0 Å². The van der Waals surface area contributed by atoms with Crippen molar-refractivity contribution < 1.29 is 43.2 Å². The molecule has 1 saturated carbocycles. The number of nitrogens with one attached hydrogen (secondary N) is 1. The lowest BCUT2D eigenvalue weighted by Gasteiger charge is -2.44. The van der Waals surface area contributed by atoms with Gasteiger partial charge in [-0.25, -0.2) is 21.6 Å². The zero-order chi connectivity index (χ0) is 25.7. The minimum atomic E-state index is -4.73. The third-order valence-electron chi connectivity index (χ3n) is 5.94. The second-order valence-electron chi connectivity index (χ2n) is 8.50. The van der Waals surface area contributed by atoms with Crippen LogP contribution in [0.15, 0.2) is 52.4 Å². The van der Waals surface area contributed by atoms with Gasteiger partial charge in [-0.3, -0.25) is 4.98 Å². The molecule has 0 unspecified atom stereocenters. The average Bonchev–Trinajstić information content (AvgIpc) is 2.69. The van der Waals surface area contributed by atoms with Crippen LogP contribution >= 0.6 is 0 Å². The molecule has 0 atom stereocenters. The molecule has 0 aliphatic heterocycles. The Morgan fingerprint density at radius 3 is 2.00 bits per heavy atom. The maximum Gasteiger partial charge on any atom is 0.433 e. The van der Waals surface area contributed by atoms with Crippen LogP contribution in [-0.2, 0) is 32.2 Å². The Balaban J connectivity index is 1.72. The Kier molecular flexibility index (Phi) is 6.59. The van der Waals surface area contributed by atoms with Gasteiger partial charge in [-0.1, -0.05) is 6.07 Å². The van der Waals surface area contributed by atoms with Crippen LogP contribution in [0.2, 0.25) is 0 Å². The fourth-order valence-electron chi connectivity index (χ4n) is 3.64. The zero-order valence-electron chi connectivity index (χ0n) is 17.8. The number of sulfone groups is 1. The summed E-state index contributed by atoms with van der Waals surface area (Å²) in [7, 11) is -8.43. The number of alkyl halides is 6. The molecule has 1 aliphatic rings. The third-order valence-corrected chi connectivity index (χ3v) is 10.0. The van der Waals surface area contributed by atoms with Crippen molar-refractivity contribution in [1.82, 2.24) is 9.71 Å². The number of nitrogens with zero attached hydrogens (tertiary/aromatic N) is 1. The summed E-state index contributed by atoms with van der Waals surface area (Å²) < 4.78 is 129. The molecule has 1 aromatic carbocycles. The largest absolute Gasteiger partial charge is 0.433 e. The molecule has 188 valence electrons. The second kappa shape index (κ2) is 8.48. The van der Waals surface area contributed by atoms with Crippen molar-refractivity contribution in [3.63, 3.8) is 0 Å². The summed E-state index contributed by atoms with van der Waals surface area (Å²) in [5, 5.41) is 0. The van der Waals surface area contributed by atoms with Gasteiger partial charge in [-0.15, -0.1) is 0 Å². The van der Waals surface area contributed by atoms with Gasteiger partial charge < -0.3 is 0 Å². The van der Waals surface area contributed by atoms with Crippen LogP contribution in [0.1, 0.15) is 37.9 Å². The smallest absolute Gasteiger partial charge is 0.250 e. The number of hydrogen-bond donors (Lipinski definition) is 1. The van der Waals surface area contributed by atoms with Gasteiger partial charge in [0.1, 0.15) is 10.6 Å². The maximum absolute atomic E-state index is 13.1. The molecule has 1 N–H and O–H groups in total. The lowest BCUT2D eigenvalue weighted by atomic mass is 9.73. The Labute approximate surface area is 192 Å². The SMILES string of the molecule is CC(C)([C@H]1C[C@H](NS(=O)(=O)c2ccc(C(F)(F)F)nc2)C1)S(=O)(=O)c1cccc(C(F)(F)F)c1. The van der Waals surface area contributed by atoms with E-state index in [0.717, 1.165) is 24.3 Å². The molecule has 14 heteroatoms. The molecule has 0 spiro atoms. The topological polar surface area (TPSA) is 93.2 Å². The van der Waals surface area contributed by atoms with Gasteiger partial charge in [-0.2, -0.15) is 26.3 Å². The lowest BCUT2D eigenvalue weighted by molar-refractivity contribution is -0.141. The first-order valence-corrected chi connectivity index (χ1v) is 12.8. The van der Waals surface area contributed by atoms with Crippen molar-refractivity contribution in [3.8, 4) is 0 Å². The van der Waals surface area contributed by atoms with E-state index in [0.29, 0.717) is 18.3 Å². The van der Waals surface area contributed by atoms with Crippen molar-refractivity contribution in [2.75, 3.05) is 0 Å². The van der Waals surface area contributed by atoms with Gasteiger partial charge in [0, 0.05) is 12.2 Å². The Hall–Kier alpha value is -2.19. The van der Waals surface area contributed by atoms with Crippen LogP contribution in [-0.4, -0.2) is 32.6 Å². The van der Waals surface area contributed by atoms with Crippen molar-refractivity contribution in [2.45, 2.75) is 59.6 Å². The van der Waals surface area contributed by atoms with Crippen molar-refractivity contribution in [2.24, 2.45) is 5.92 Å². The molecule has 3 rings (SSSR count). The number of hydrogen-bond acceptors (Lipinski definition) is 5. The molecule has 1 fully saturated rings. The highest BCUT2D eigenvalue weighted by Gasteiger charge is 2.49. The summed E-state index contributed by atoms with van der Waals surface area (Å²) in [5.41, 5.74) is -2.36. The highest BCUT2D eigenvalue weighted by Crippen LogP contribution is 2.44. The normalized spacial score (nSPS) is 20.1. The summed E-state index contributed by atoms with van der Waals surface area (Å²) >= 11 is 0. The van der Waals surface area contributed by atoms with Crippen LogP contribution in [0.3, 0.4) is 0 Å². The van der Waals surface area contributed by atoms with Gasteiger partial charge in [0.2, 0.25) is 10.0 Å². The van der Waals surface area contributed by atoms with Crippen LogP contribution in [0.25, 0.3) is 0 Å². The van der Waals surface area contributed by atoms with E-state index in [-0.39, 0.29) is 12.8 Å². The Morgan fingerprint density at radius 1 is 0.882 bits per heavy atom. The summed E-state index contributed by atoms with van der Waals surface area (Å²) in [6.45, 7) is 2.72. The highest BCUT2D eigenvalue weighted by molar-refractivity contribution is 7.92. The van der Waals surface area contributed by atoms with Crippen molar-refractivity contribution >= 4 is 19.9 Å². The second-order valence-corrected chi connectivity index (χ2v) is 12.7. The van der Waals surface area contributed by atoms with E-state index in [9.17, 15) is 43.2 Å². The van der Waals surface area contributed by atoms with E-state index in [1.165, 1.54) is 13.8 Å². The summed E-state index contributed by atoms with van der Waals surface area (Å²) in [4.78, 5) is 2.13. The lowest BCUT2D eigenvalue weighted by Crippen LogP contribution is -2.53. The predicted octanol–water partition coefficient (Wildman–Crippen LogP) is 4.43. The summed E-state index contributed by atoms with van der Waals surface area (Å²) in [5.74, 6) is -0.578. The summed E-state index contributed by atoms with van der Waals surface area (Å²) in [6.07, 6.45) is -8.74. The van der Waals surface area contributed by atoms with Crippen LogP contribution in [0.4, 0.5) is 26.3 Å². The first-order chi connectivity index (χ1) is 15.4. The van der Waals surface area contributed by atoms with Gasteiger partial charge in [0.25, 0.3) is 0 Å². The van der Waals surface area contributed by atoms with Crippen LogP contribution in [0.5, 0.6) is 0 Å². The number of sulfonamides is 1. The highest BCUT2D eigenvalue weighted by atomic mass is 32.2. The van der Waals surface area contributed by atoms with E-state index in [4.69, 9.17) is 0 Å². The van der Waals surface area contributed by atoms with Crippen molar-refractivity contribution in [1.29, 1.82) is 0 Å². The quantitative estimate of drug-likeness (QED) is 0.558. The molecule has 1 heterocycles. The Bertz CT molecular complexity index is 1270. The number of halogens is 6. The van der Waals surface area contributed by atoms with Gasteiger partial charge in [-0.05, 0) is 62.9 Å². The van der Waals surface area contributed by atoms with Gasteiger partial charge in [0.05, 0.1) is 15.2 Å². The molecule has 6 nitrogen and oxygen atoms in total. The molecule has 0 bridgehead atoms. The predicted molar refractivity (Wildman–Crippen MR) is 109 cm³/mol. The average molecular weight is 531 g/mol. The third kappa shape index (κ3) is 5.08. The molecular formula is C20H20F6N2O4S2. The molecule has 0 saturated heterocycles. The monoisotopic (exact) mass is 530 g/mol. The minimum absolute atomic E-state index is 0.0679. The van der Waals surface area contributed by atoms with Crippen molar-refractivity contribution in [3.05, 3.63) is 53.9 Å². The minimum Gasteiger partial charge on any atom is -0.250 e. The first-order valence-electron chi connectivity index (χ1n) is 9.83. The summed E-state index contributed by atoms with van der Waals surface area (Å²) in [6, 6.07) is 3.99. The Morgan fingerprint density at radius 2 is 1.50 bits per heavy atom. The standard InChI is InChI=1S/C20H20F6N2O4S2/c1-18(2,33(29,30)15-5-3-4-12(10-15)19(21,22)23)13-8-14(9-13)28-34(31,32)16-6-7-17(27-11-16)20(24,25)26/h3-7,10-11,13-14,28H,8-9H2,1-2H3/t13-,14-. The van der Waals surface area contributed by atoms with E-state index >= 15 is 0 Å². The number of rotatable bonds is 6. The van der Waals surface area contributed by atoms with Gasteiger partial charge >= 0.3 is 12.4 Å². The van der Waals surface area contributed by atoms with Gasteiger partial charge in [0.15, 0.2) is 9.84 Å². The molecule has 0 radical (unpaired) electrons. The van der Waals surface area contributed by atoms with E-state index in [1.807, 2.05) is 0 Å². The molecule has 0 amide bonds. The molecule has 2 aromatic rings. The van der Waals surface area contributed by atoms with Crippen LogP contribution in [0, 0.1) is 5.92 Å².